The van der Waals surface area contributed by atoms with E-state index in [2.05, 4.69) is 5.32 Å². The summed E-state index contributed by atoms with van der Waals surface area (Å²) < 4.78 is 5.56. The highest BCUT2D eigenvalue weighted by Gasteiger charge is 2.45. The number of rotatable bonds is 2. The monoisotopic (exact) mass is 407 g/mol. The Morgan fingerprint density at radius 2 is 1.70 bits per heavy atom. The standard InChI is InChI=1S/C23H25N3O4/c1-16-6-5-8-18(14-16)24-22(29)26-12-10-25(11-13-26)21(28)23(2)15-17-7-3-4-9-19(17)20(27)30-23/h3-9,14H,10-13,15H2,1-2H3,(H,24,29). The number of hydrogen-bond donors (Lipinski definition) is 1. The lowest BCUT2D eigenvalue weighted by molar-refractivity contribution is -0.152. The van der Waals surface area contributed by atoms with E-state index >= 15 is 0 Å². The second-order valence-corrected chi connectivity index (χ2v) is 8.03. The van der Waals surface area contributed by atoms with Gasteiger partial charge in [0, 0.05) is 38.3 Å². The lowest BCUT2D eigenvalue weighted by atomic mass is 9.88. The first-order valence-electron chi connectivity index (χ1n) is 10.1. The Morgan fingerprint density at radius 3 is 2.43 bits per heavy atom. The summed E-state index contributed by atoms with van der Waals surface area (Å²) in [5.41, 5.74) is 1.93. The van der Waals surface area contributed by atoms with Crippen molar-refractivity contribution in [1.82, 2.24) is 9.80 Å². The second kappa shape index (κ2) is 7.82. The van der Waals surface area contributed by atoms with Gasteiger partial charge in [0.25, 0.3) is 5.91 Å². The van der Waals surface area contributed by atoms with Gasteiger partial charge in [-0.05, 0) is 43.2 Å². The summed E-state index contributed by atoms with van der Waals surface area (Å²) in [6.45, 7) is 5.27. The van der Waals surface area contributed by atoms with Crippen LogP contribution in [0, 0.1) is 6.92 Å². The largest absolute Gasteiger partial charge is 0.445 e. The molecule has 0 radical (unpaired) electrons. The minimum absolute atomic E-state index is 0.183. The molecule has 0 saturated carbocycles. The predicted molar refractivity (Wildman–Crippen MR) is 112 cm³/mol. The van der Waals surface area contributed by atoms with Crippen LogP contribution in [0.25, 0.3) is 0 Å². The lowest BCUT2D eigenvalue weighted by Gasteiger charge is -2.40. The number of ether oxygens (including phenoxy) is 1. The molecule has 2 aromatic rings. The van der Waals surface area contributed by atoms with Crippen molar-refractivity contribution in [3.63, 3.8) is 0 Å². The molecule has 2 aliphatic rings. The van der Waals surface area contributed by atoms with Crippen molar-refractivity contribution in [2.24, 2.45) is 0 Å². The summed E-state index contributed by atoms with van der Waals surface area (Å²) in [7, 11) is 0. The lowest BCUT2D eigenvalue weighted by Crippen LogP contribution is -2.58. The Morgan fingerprint density at radius 1 is 1.00 bits per heavy atom. The van der Waals surface area contributed by atoms with Crippen molar-refractivity contribution >= 4 is 23.6 Å². The van der Waals surface area contributed by atoms with E-state index in [9.17, 15) is 14.4 Å². The molecule has 1 unspecified atom stereocenters. The molecular formula is C23H25N3O4. The molecule has 0 bridgehead atoms. The number of esters is 1. The minimum atomic E-state index is -1.22. The number of benzene rings is 2. The molecule has 4 rings (SSSR count). The number of aryl methyl sites for hydroxylation is 1. The Balaban J connectivity index is 1.37. The van der Waals surface area contributed by atoms with E-state index in [4.69, 9.17) is 4.74 Å². The van der Waals surface area contributed by atoms with Gasteiger partial charge < -0.3 is 19.9 Å². The molecule has 7 heteroatoms. The first kappa shape index (κ1) is 19.9. The van der Waals surface area contributed by atoms with E-state index in [1.165, 1.54) is 0 Å². The molecule has 2 aromatic carbocycles. The molecule has 7 nitrogen and oxygen atoms in total. The first-order chi connectivity index (χ1) is 14.4. The Kier molecular flexibility index (Phi) is 5.20. The van der Waals surface area contributed by atoms with Crippen LogP contribution >= 0.6 is 0 Å². The summed E-state index contributed by atoms with van der Waals surface area (Å²) in [4.78, 5) is 41.4. The molecule has 1 saturated heterocycles. The quantitative estimate of drug-likeness (QED) is 0.777. The summed E-state index contributed by atoms with van der Waals surface area (Å²) >= 11 is 0. The maximum atomic E-state index is 13.2. The molecule has 1 N–H and O–H groups in total. The Bertz CT molecular complexity index is 997. The van der Waals surface area contributed by atoms with Gasteiger partial charge in [0.05, 0.1) is 5.56 Å². The van der Waals surface area contributed by atoms with Crippen LogP contribution < -0.4 is 5.32 Å². The summed E-state index contributed by atoms with van der Waals surface area (Å²) in [6.07, 6.45) is 0.349. The SMILES string of the molecule is Cc1cccc(NC(=O)N2CCN(C(=O)C3(C)Cc4ccccc4C(=O)O3)CC2)c1. The third kappa shape index (κ3) is 3.87. The maximum absolute atomic E-state index is 13.2. The van der Waals surface area contributed by atoms with E-state index in [-0.39, 0.29) is 11.9 Å². The molecule has 156 valence electrons. The summed E-state index contributed by atoms with van der Waals surface area (Å²) in [5, 5.41) is 2.90. The van der Waals surface area contributed by atoms with Crippen molar-refractivity contribution in [2.75, 3.05) is 31.5 Å². The van der Waals surface area contributed by atoms with Crippen LogP contribution in [0.2, 0.25) is 0 Å². The van der Waals surface area contributed by atoms with Crippen molar-refractivity contribution in [3.8, 4) is 0 Å². The van der Waals surface area contributed by atoms with Gasteiger partial charge >= 0.3 is 12.0 Å². The molecule has 2 heterocycles. The normalized spacial score (nSPS) is 20.9. The fourth-order valence-corrected chi connectivity index (χ4v) is 4.02. The third-order valence-electron chi connectivity index (χ3n) is 5.66. The first-order valence-corrected chi connectivity index (χ1v) is 10.1. The molecule has 0 aliphatic carbocycles. The smallest absolute Gasteiger partial charge is 0.339 e. The van der Waals surface area contributed by atoms with Crippen molar-refractivity contribution in [3.05, 3.63) is 65.2 Å². The predicted octanol–water partition coefficient (Wildman–Crippen LogP) is 2.84. The van der Waals surface area contributed by atoms with E-state index in [0.29, 0.717) is 38.2 Å². The van der Waals surface area contributed by atoms with Crippen LogP contribution in [0.5, 0.6) is 0 Å². The molecule has 0 aromatic heterocycles. The average Bonchev–Trinajstić information content (AvgIpc) is 2.73. The van der Waals surface area contributed by atoms with E-state index < -0.39 is 11.6 Å². The van der Waals surface area contributed by atoms with Gasteiger partial charge in [-0.2, -0.15) is 0 Å². The van der Waals surface area contributed by atoms with Gasteiger partial charge in [-0.3, -0.25) is 4.79 Å². The van der Waals surface area contributed by atoms with Gasteiger partial charge in [0.2, 0.25) is 0 Å². The Labute approximate surface area is 175 Å². The zero-order chi connectivity index (χ0) is 21.3. The van der Waals surface area contributed by atoms with Crippen LogP contribution in [-0.2, 0) is 16.0 Å². The average molecular weight is 407 g/mol. The highest BCUT2D eigenvalue weighted by Crippen LogP contribution is 2.30. The molecule has 0 spiro atoms. The summed E-state index contributed by atoms with van der Waals surface area (Å²) in [6, 6.07) is 14.6. The molecular weight excluding hydrogens is 382 g/mol. The zero-order valence-corrected chi connectivity index (χ0v) is 17.2. The summed E-state index contributed by atoms with van der Waals surface area (Å²) in [5.74, 6) is -0.687. The fraction of sp³-hybridized carbons (Fsp3) is 0.348. The molecule has 1 atom stereocenters. The number of piperazine rings is 1. The van der Waals surface area contributed by atoms with E-state index in [1.54, 1.807) is 28.9 Å². The molecule has 2 aliphatic heterocycles. The number of carbonyl (C=O) groups is 3. The number of nitrogens with one attached hydrogen (secondary N) is 1. The Hall–Kier alpha value is -3.35. The van der Waals surface area contributed by atoms with Crippen LogP contribution in [0.15, 0.2) is 48.5 Å². The van der Waals surface area contributed by atoms with Crippen molar-refractivity contribution in [2.45, 2.75) is 25.9 Å². The van der Waals surface area contributed by atoms with Gasteiger partial charge in [-0.15, -0.1) is 0 Å². The van der Waals surface area contributed by atoms with Gasteiger partial charge in [0.15, 0.2) is 5.60 Å². The number of amides is 3. The highest BCUT2D eigenvalue weighted by atomic mass is 16.6. The second-order valence-electron chi connectivity index (χ2n) is 8.03. The van der Waals surface area contributed by atoms with Crippen LogP contribution in [0.4, 0.5) is 10.5 Å². The molecule has 3 amide bonds. The van der Waals surface area contributed by atoms with Gasteiger partial charge in [-0.25, -0.2) is 9.59 Å². The van der Waals surface area contributed by atoms with Crippen LogP contribution in [0.1, 0.15) is 28.4 Å². The number of carbonyl (C=O) groups excluding carboxylic acids is 3. The number of anilines is 1. The molecule has 1 fully saturated rings. The number of hydrogen-bond acceptors (Lipinski definition) is 4. The zero-order valence-electron chi connectivity index (χ0n) is 17.2. The molecule has 30 heavy (non-hydrogen) atoms. The highest BCUT2D eigenvalue weighted by molar-refractivity contribution is 5.97. The third-order valence-corrected chi connectivity index (χ3v) is 5.66. The number of cyclic esters (lactones) is 1. The number of urea groups is 1. The van der Waals surface area contributed by atoms with Gasteiger partial charge in [-0.1, -0.05) is 30.3 Å². The minimum Gasteiger partial charge on any atom is -0.445 e. The van der Waals surface area contributed by atoms with Crippen molar-refractivity contribution < 1.29 is 19.1 Å². The van der Waals surface area contributed by atoms with Crippen LogP contribution in [0.3, 0.4) is 0 Å². The van der Waals surface area contributed by atoms with E-state index in [0.717, 1.165) is 16.8 Å². The van der Waals surface area contributed by atoms with Gasteiger partial charge in [0.1, 0.15) is 0 Å². The van der Waals surface area contributed by atoms with Crippen LogP contribution in [-0.4, -0.2) is 59.5 Å². The van der Waals surface area contributed by atoms with E-state index in [1.807, 2.05) is 43.3 Å². The van der Waals surface area contributed by atoms with Crippen molar-refractivity contribution in [1.29, 1.82) is 0 Å². The topological polar surface area (TPSA) is 79.0 Å². The number of nitrogens with zero attached hydrogens (tertiary/aromatic N) is 2. The fourth-order valence-electron chi connectivity index (χ4n) is 4.02. The number of fused-ring (bicyclic) bond motifs is 1. The maximum Gasteiger partial charge on any atom is 0.339 e.